The highest BCUT2D eigenvalue weighted by Gasteiger charge is 2.24. The number of rotatable bonds is 6. The summed E-state index contributed by atoms with van der Waals surface area (Å²) in [6.07, 6.45) is 3.88. The Labute approximate surface area is 121 Å². The highest BCUT2D eigenvalue weighted by atomic mass is 16.7. The maximum absolute atomic E-state index is 5.29. The number of piperidine rings is 1. The molecule has 112 valence electrons. The number of ether oxygens (including phenoxy) is 2. The molecule has 0 amide bonds. The topological polar surface area (TPSA) is 46.6 Å². The van der Waals surface area contributed by atoms with E-state index in [-0.39, 0.29) is 12.3 Å². The predicted octanol–water partition coefficient (Wildman–Crippen LogP) is 1.65. The summed E-state index contributed by atoms with van der Waals surface area (Å²) in [5, 5.41) is 3.60. The van der Waals surface area contributed by atoms with Crippen molar-refractivity contribution in [3.05, 3.63) is 24.4 Å². The molecule has 20 heavy (non-hydrogen) atoms. The zero-order valence-electron chi connectivity index (χ0n) is 12.6. The average Bonchev–Trinajstić information content (AvgIpc) is 2.50. The Morgan fingerprint density at radius 1 is 1.25 bits per heavy atom. The summed E-state index contributed by atoms with van der Waals surface area (Å²) in [5.41, 5.74) is 0. The number of aromatic nitrogens is 1. The first-order chi connectivity index (χ1) is 9.74. The van der Waals surface area contributed by atoms with Crippen molar-refractivity contribution in [2.75, 3.05) is 32.2 Å². The van der Waals surface area contributed by atoms with E-state index in [1.807, 2.05) is 18.3 Å². The maximum Gasteiger partial charge on any atom is 0.171 e. The largest absolute Gasteiger partial charge is 0.357 e. The third kappa shape index (κ3) is 3.91. The van der Waals surface area contributed by atoms with E-state index in [1.54, 1.807) is 14.2 Å². The predicted molar refractivity (Wildman–Crippen MR) is 79.9 cm³/mol. The fourth-order valence-electron chi connectivity index (χ4n) is 2.77. The van der Waals surface area contributed by atoms with Gasteiger partial charge in [-0.05, 0) is 31.9 Å². The Morgan fingerprint density at radius 2 is 1.95 bits per heavy atom. The molecule has 1 unspecified atom stereocenters. The van der Waals surface area contributed by atoms with Crippen LogP contribution in [0.1, 0.15) is 19.8 Å². The van der Waals surface area contributed by atoms with E-state index in [0.717, 1.165) is 31.7 Å². The molecule has 2 rings (SSSR count). The second-order valence-electron chi connectivity index (χ2n) is 5.24. The van der Waals surface area contributed by atoms with Crippen LogP contribution in [0.25, 0.3) is 0 Å². The van der Waals surface area contributed by atoms with Gasteiger partial charge in [0.1, 0.15) is 5.82 Å². The Kier molecular flexibility index (Phi) is 5.76. The molecule has 0 saturated carbocycles. The van der Waals surface area contributed by atoms with Gasteiger partial charge in [0.25, 0.3) is 0 Å². The molecule has 1 aliphatic heterocycles. The van der Waals surface area contributed by atoms with Crippen LogP contribution in [0.4, 0.5) is 5.82 Å². The minimum absolute atomic E-state index is 0.191. The average molecular weight is 279 g/mol. The molecule has 0 spiro atoms. The third-order valence-corrected chi connectivity index (χ3v) is 3.84. The molecule has 0 aliphatic carbocycles. The van der Waals surface area contributed by atoms with Crippen LogP contribution in [-0.4, -0.2) is 50.7 Å². The van der Waals surface area contributed by atoms with Crippen molar-refractivity contribution in [1.82, 2.24) is 10.3 Å². The minimum Gasteiger partial charge on any atom is -0.357 e. The Bertz CT molecular complexity index is 376. The lowest BCUT2D eigenvalue weighted by molar-refractivity contribution is -0.121. The van der Waals surface area contributed by atoms with Crippen LogP contribution in [0.2, 0.25) is 0 Å². The summed E-state index contributed by atoms with van der Waals surface area (Å²) >= 11 is 0. The van der Waals surface area contributed by atoms with E-state index in [4.69, 9.17) is 9.47 Å². The Hall–Kier alpha value is -1.17. The zero-order chi connectivity index (χ0) is 14.4. The second kappa shape index (κ2) is 7.57. The lowest BCUT2D eigenvalue weighted by Crippen LogP contribution is -2.49. The molecular weight excluding hydrogens is 254 g/mol. The van der Waals surface area contributed by atoms with Gasteiger partial charge in [-0.25, -0.2) is 4.98 Å². The van der Waals surface area contributed by atoms with Gasteiger partial charge in [0.2, 0.25) is 0 Å². The highest BCUT2D eigenvalue weighted by Crippen LogP contribution is 2.18. The molecule has 5 heteroatoms. The quantitative estimate of drug-likeness (QED) is 0.802. The lowest BCUT2D eigenvalue weighted by atomic mass is 10.0. The van der Waals surface area contributed by atoms with E-state index < -0.39 is 0 Å². The number of anilines is 1. The molecular formula is C15H25N3O2. The molecule has 1 saturated heterocycles. The van der Waals surface area contributed by atoms with Crippen molar-refractivity contribution in [3.63, 3.8) is 0 Å². The zero-order valence-corrected chi connectivity index (χ0v) is 12.6. The monoisotopic (exact) mass is 279 g/mol. The number of methoxy groups -OCH3 is 2. The van der Waals surface area contributed by atoms with E-state index in [9.17, 15) is 0 Å². The molecule has 0 aromatic carbocycles. The normalized spacial score (nSPS) is 18.5. The highest BCUT2D eigenvalue weighted by molar-refractivity contribution is 5.38. The lowest BCUT2D eigenvalue weighted by Gasteiger charge is -2.35. The first-order valence-electron chi connectivity index (χ1n) is 7.22. The molecule has 1 atom stereocenters. The van der Waals surface area contributed by atoms with Gasteiger partial charge in [0.15, 0.2) is 6.29 Å². The van der Waals surface area contributed by atoms with Gasteiger partial charge in [-0.3, -0.25) is 0 Å². The maximum atomic E-state index is 5.29. The summed E-state index contributed by atoms with van der Waals surface area (Å²) in [7, 11) is 3.35. The fraction of sp³-hybridized carbons (Fsp3) is 0.667. The van der Waals surface area contributed by atoms with Gasteiger partial charge in [-0.1, -0.05) is 6.07 Å². The molecule has 1 fully saturated rings. The van der Waals surface area contributed by atoms with Crippen molar-refractivity contribution < 1.29 is 9.47 Å². The smallest absolute Gasteiger partial charge is 0.171 e. The van der Waals surface area contributed by atoms with Crippen LogP contribution in [-0.2, 0) is 9.47 Å². The minimum atomic E-state index is -0.191. The van der Waals surface area contributed by atoms with Gasteiger partial charge in [0, 0.05) is 39.5 Å². The number of hydrogen-bond donors (Lipinski definition) is 1. The van der Waals surface area contributed by atoms with Gasteiger partial charge >= 0.3 is 0 Å². The van der Waals surface area contributed by atoms with E-state index in [2.05, 4.69) is 28.2 Å². The summed E-state index contributed by atoms with van der Waals surface area (Å²) in [5.74, 6) is 1.07. The van der Waals surface area contributed by atoms with Gasteiger partial charge in [-0.2, -0.15) is 0 Å². The van der Waals surface area contributed by atoms with Gasteiger partial charge in [-0.15, -0.1) is 0 Å². The van der Waals surface area contributed by atoms with E-state index >= 15 is 0 Å². The van der Waals surface area contributed by atoms with E-state index in [1.165, 1.54) is 0 Å². The van der Waals surface area contributed by atoms with Gasteiger partial charge < -0.3 is 19.7 Å². The number of nitrogens with one attached hydrogen (secondary N) is 1. The number of pyridine rings is 1. The molecule has 0 bridgehead atoms. The summed E-state index contributed by atoms with van der Waals surface area (Å²) in [6.45, 7) is 4.17. The van der Waals surface area contributed by atoms with Crippen molar-refractivity contribution in [2.45, 2.75) is 38.1 Å². The number of hydrogen-bond acceptors (Lipinski definition) is 5. The van der Waals surface area contributed by atoms with Crippen LogP contribution in [0.5, 0.6) is 0 Å². The Morgan fingerprint density at radius 3 is 2.50 bits per heavy atom. The molecule has 1 aromatic heterocycles. The van der Waals surface area contributed by atoms with Crippen molar-refractivity contribution >= 4 is 5.82 Å². The molecule has 1 aliphatic rings. The first kappa shape index (κ1) is 15.2. The SMILES string of the molecule is COC(OC)C(C)NC1CCN(c2ccccn2)CC1. The van der Waals surface area contributed by atoms with Crippen LogP contribution >= 0.6 is 0 Å². The summed E-state index contributed by atoms with van der Waals surface area (Å²) < 4.78 is 10.6. The second-order valence-corrected chi connectivity index (χ2v) is 5.24. The summed E-state index contributed by atoms with van der Waals surface area (Å²) in [4.78, 5) is 6.75. The van der Waals surface area contributed by atoms with Crippen molar-refractivity contribution in [2.24, 2.45) is 0 Å². The summed E-state index contributed by atoms with van der Waals surface area (Å²) in [6, 6.07) is 6.77. The first-order valence-corrected chi connectivity index (χ1v) is 7.22. The molecule has 2 heterocycles. The van der Waals surface area contributed by atoms with Crippen LogP contribution < -0.4 is 10.2 Å². The van der Waals surface area contributed by atoms with Crippen molar-refractivity contribution in [1.29, 1.82) is 0 Å². The van der Waals surface area contributed by atoms with Crippen molar-refractivity contribution in [3.8, 4) is 0 Å². The molecule has 1 aromatic rings. The van der Waals surface area contributed by atoms with Crippen LogP contribution in [0, 0.1) is 0 Å². The fourth-order valence-corrected chi connectivity index (χ4v) is 2.77. The number of nitrogens with zero attached hydrogens (tertiary/aromatic N) is 2. The van der Waals surface area contributed by atoms with E-state index in [0.29, 0.717) is 6.04 Å². The van der Waals surface area contributed by atoms with Crippen LogP contribution in [0.15, 0.2) is 24.4 Å². The molecule has 0 radical (unpaired) electrons. The Balaban J connectivity index is 1.80. The third-order valence-electron chi connectivity index (χ3n) is 3.84. The molecule has 1 N–H and O–H groups in total. The van der Waals surface area contributed by atoms with Gasteiger partial charge in [0.05, 0.1) is 6.04 Å². The molecule has 5 nitrogen and oxygen atoms in total. The van der Waals surface area contributed by atoms with Crippen LogP contribution in [0.3, 0.4) is 0 Å². The standard InChI is InChI=1S/C15H25N3O2/c1-12(15(19-2)20-3)17-13-7-10-18(11-8-13)14-6-4-5-9-16-14/h4-6,9,12-13,15,17H,7-8,10-11H2,1-3H3.